The Kier molecular flexibility index (Phi) is 3.55. The van der Waals surface area contributed by atoms with Crippen molar-refractivity contribution in [1.82, 2.24) is 0 Å². The van der Waals surface area contributed by atoms with E-state index >= 15 is 0 Å². The summed E-state index contributed by atoms with van der Waals surface area (Å²) in [6.45, 7) is 4.02. The minimum Gasteiger partial charge on any atom is -0.295 e. The first-order valence-electron chi connectivity index (χ1n) is 5.99. The summed E-state index contributed by atoms with van der Waals surface area (Å²) in [7, 11) is 0. The van der Waals surface area contributed by atoms with Crippen LogP contribution in [0.15, 0.2) is 11.6 Å². The molecule has 2 saturated heterocycles. The Labute approximate surface area is 96.7 Å². The maximum absolute atomic E-state index is 12.0. The lowest BCUT2D eigenvalue weighted by molar-refractivity contribution is -0.118. The topological polar surface area (TPSA) is 17.1 Å². The van der Waals surface area contributed by atoms with Crippen LogP contribution < -0.4 is 0 Å². The first-order valence-corrected chi connectivity index (χ1v) is 6.93. The van der Waals surface area contributed by atoms with Crippen molar-refractivity contribution < 1.29 is 4.79 Å². The lowest BCUT2D eigenvalue weighted by atomic mass is 9.86. The minimum absolute atomic E-state index is 0.330. The summed E-state index contributed by atoms with van der Waals surface area (Å²) < 4.78 is 0. The van der Waals surface area contributed by atoms with Gasteiger partial charge in [-0.15, -0.1) is 0 Å². The van der Waals surface area contributed by atoms with Crippen LogP contribution in [0.2, 0.25) is 0 Å². The van der Waals surface area contributed by atoms with E-state index in [2.05, 4.69) is 11.8 Å². The van der Waals surface area contributed by atoms with Gasteiger partial charge in [-0.2, -0.15) is 11.8 Å². The third-order valence-electron chi connectivity index (χ3n) is 3.37. The normalized spacial score (nSPS) is 34.7. The zero-order valence-corrected chi connectivity index (χ0v) is 10.5. The van der Waals surface area contributed by atoms with E-state index in [4.69, 9.17) is 0 Å². The zero-order valence-electron chi connectivity index (χ0n) is 9.66. The van der Waals surface area contributed by atoms with Gasteiger partial charge in [0.2, 0.25) is 0 Å². The Morgan fingerprint density at radius 1 is 1.20 bits per heavy atom. The quantitative estimate of drug-likeness (QED) is 0.667. The number of thioether (sulfide) groups is 1. The van der Waals surface area contributed by atoms with E-state index in [9.17, 15) is 4.79 Å². The van der Waals surface area contributed by atoms with E-state index in [0.29, 0.717) is 11.7 Å². The second kappa shape index (κ2) is 4.73. The molecule has 84 valence electrons. The number of hydrogen-bond acceptors (Lipinski definition) is 2. The molecule has 0 amide bonds. The highest BCUT2D eigenvalue weighted by atomic mass is 32.2. The molecule has 2 fully saturated rings. The molecule has 2 aliphatic rings. The maximum atomic E-state index is 12.0. The second-order valence-corrected chi connectivity index (χ2v) is 6.71. The van der Waals surface area contributed by atoms with Crippen molar-refractivity contribution in [2.24, 2.45) is 5.92 Å². The summed E-state index contributed by atoms with van der Waals surface area (Å²) in [4.78, 5) is 12.0. The van der Waals surface area contributed by atoms with Crippen LogP contribution in [0.3, 0.4) is 0 Å². The standard InChI is InChI=1S/C13H20OS/c1-9(2)6-13(14)10-7-11-4-3-5-12(8-10)15-11/h6,10-12H,3-5,7-8H2,1-2H3. The van der Waals surface area contributed by atoms with Crippen molar-refractivity contribution >= 4 is 17.5 Å². The van der Waals surface area contributed by atoms with Gasteiger partial charge in [-0.1, -0.05) is 12.0 Å². The van der Waals surface area contributed by atoms with Crippen molar-refractivity contribution in [2.75, 3.05) is 0 Å². The van der Waals surface area contributed by atoms with Gasteiger partial charge in [-0.3, -0.25) is 4.79 Å². The van der Waals surface area contributed by atoms with Crippen LogP contribution in [0.4, 0.5) is 0 Å². The summed E-state index contributed by atoms with van der Waals surface area (Å²) >= 11 is 2.14. The number of allylic oxidation sites excluding steroid dienone is 2. The van der Waals surface area contributed by atoms with Gasteiger partial charge in [-0.25, -0.2) is 0 Å². The van der Waals surface area contributed by atoms with Gasteiger partial charge >= 0.3 is 0 Å². The summed E-state index contributed by atoms with van der Waals surface area (Å²) in [5.41, 5.74) is 1.14. The highest BCUT2D eigenvalue weighted by molar-refractivity contribution is 8.00. The van der Waals surface area contributed by atoms with Crippen molar-refractivity contribution in [1.29, 1.82) is 0 Å². The van der Waals surface area contributed by atoms with Crippen LogP contribution in [0.25, 0.3) is 0 Å². The Morgan fingerprint density at radius 2 is 1.80 bits per heavy atom. The molecule has 2 rings (SSSR count). The summed E-state index contributed by atoms with van der Waals surface area (Å²) in [6, 6.07) is 0. The molecule has 2 aliphatic heterocycles. The third kappa shape index (κ3) is 2.87. The molecule has 2 bridgehead atoms. The van der Waals surface area contributed by atoms with Crippen LogP contribution in [-0.2, 0) is 4.79 Å². The molecule has 1 nitrogen and oxygen atoms in total. The van der Waals surface area contributed by atoms with E-state index in [1.165, 1.54) is 19.3 Å². The average Bonchev–Trinajstić information content (AvgIpc) is 2.16. The van der Waals surface area contributed by atoms with E-state index in [1.807, 2.05) is 19.9 Å². The SMILES string of the molecule is CC(C)=CC(=O)C1CC2CCCC(C1)S2. The summed E-state index contributed by atoms with van der Waals surface area (Å²) in [6.07, 6.45) is 8.15. The van der Waals surface area contributed by atoms with Crippen LogP contribution in [0.1, 0.15) is 46.0 Å². The van der Waals surface area contributed by atoms with E-state index < -0.39 is 0 Å². The molecule has 2 unspecified atom stereocenters. The van der Waals surface area contributed by atoms with Crippen molar-refractivity contribution in [2.45, 2.75) is 56.5 Å². The molecule has 0 radical (unpaired) electrons. The first-order chi connectivity index (χ1) is 7.15. The number of carbonyl (C=O) groups excluding carboxylic acids is 1. The third-order valence-corrected chi connectivity index (χ3v) is 4.99. The van der Waals surface area contributed by atoms with E-state index in [1.54, 1.807) is 0 Å². The molecule has 0 N–H and O–H groups in total. The predicted molar refractivity (Wildman–Crippen MR) is 66.2 cm³/mol. The fraction of sp³-hybridized carbons (Fsp3) is 0.769. The smallest absolute Gasteiger partial charge is 0.158 e. The second-order valence-electron chi connectivity index (χ2n) is 5.10. The first kappa shape index (κ1) is 11.3. The average molecular weight is 224 g/mol. The molecular formula is C13H20OS. The van der Waals surface area contributed by atoms with Crippen molar-refractivity contribution in [3.63, 3.8) is 0 Å². The molecular weight excluding hydrogens is 204 g/mol. The fourth-order valence-electron chi connectivity index (χ4n) is 2.69. The molecule has 0 aliphatic carbocycles. The van der Waals surface area contributed by atoms with E-state index in [-0.39, 0.29) is 0 Å². The van der Waals surface area contributed by atoms with E-state index in [0.717, 1.165) is 28.9 Å². The van der Waals surface area contributed by atoms with Crippen LogP contribution in [0.5, 0.6) is 0 Å². The number of rotatable bonds is 2. The predicted octanol–water partition coefficient (Wildman–Crippen LogP) is 3.59. The number of ketones is 1. The number of fused-ring (bicyclic) bond motifs is 2. The van der Waals surface area contributed by atoms with Crippen LogP contribution in [0, 0.1) is 5.92 Å². The molecule has 0 saturated carbocycles. The number of hydrogen-bond donors (Lipinski definition) is 0. The van der Waals surface area contributed by atoms with Gasteiger partial charge in [-0.05, 0) is 45.6 Å². The number of carbonyl (C=O) groups is 1. The Bertz CT molecular complexity index is 266. The van der Waals surface area contributed by atoms with Gasteiger partial charge in [0.1, 0.15) is 0 Å². The highest BCUT2D eigenvalue weighted by Crippen LogP contribution is 2.44. The van der Waals surface area contributed by atoms with Crippen molar-refractivity contribution in [3.05, 3.63) is 11.6 Å². The monoisotopic (exact) mass is 224 g/mol. The van der Waals surface area contributed by atoms with Gasteiger partial charge in [0, 0.05) is 16.4 Å². The summed E-state index contributed by atoms with van der Waals surface area (Å²) in [5, 5.41) is 1.55. The fourth-order valence-corrected chi connectivity index (χ4v) is 4.53. The molecule has 0 spiro atoms. The largest absolute Gasteiger partial charge is 0.295 e. The molecule has 2 atom stereocenters. The molecule has 0 aromatic heterocycles. The highest BCUT2D eigenvalue weighted by Gasteiger charge is 2.34. The molecule has 15 heavy (non-hydrogen) atoms. The Balaban J connectivity index is 1.99. The van der Waals surface area contributed by atoms with Gasteiger partial charge in [0.25, 0.3) is 0 Å². The lowest BCUT2D eigenvalue weighted by Gasteiger charge is -2.37. The molecule has 0 aromatic rings. The van der Waals surface area contributed by atoms with Gasteiger partial charge in [0.05, 0.1) is 0 Å². The molecule has 2 heterocycles. The molecule has 2 heteroatoms. The maximum Gasteiger partial charge on any atom is 0.158 e. The zero-order chi connectivity index (χ0) is 10.8. The van der Waals surface area contributed by atoms with Crippen LogP contribution >= 0.6 is 11.8 Å². The Hall–Kier alpha value is -0.240. The van der Waals surface area contributed by atoms with Gasteiger partial charge in [0.15, 0.2) is 5.78 Å². The molecule has 0 aromatic carbocycles. The lowest BCUT2D eigenvalue weighted by Crippen LogP contribution is -2.32. The van der Waals surface area contributed by atoms with Crippen molar-refractivity contribution in [3.8, 4) is 0 Å². The minimum atomic E-state index is 0.330. The Morgan fingerprint density at radius 3 is 2.33 bits per heavy atom. The summed E-state index contributed by atoms with van der Waals surface area (Å²) in [5.74, 6) is 0.712. The van der Waals surface area contributed by atoms with Gasteiger partial charge < -0.3 is 0 Å². The van der Waals surface area contributed by atoms with Crippen LogP contribution in [-0.4, -0.2) is 16.3 Å².